The summed E-state index contributed by atoms with van der Waals surface area (Å²) in [6, 6.07) is 5.62. The van der Waals surface area contributed by atoms with Gasteiger partial charge in [-0.05, 0) is 50.1 Å². The average Bonchev–Trinajstić information content (AvgIpc) is 3.00. The monoisotopic (exact) mass is 288 g/mol. The summed E-state index contributed by atoms with van der Waals surface area (Å²) < 4.78 is 5.15. The molecule has 21 heavy (non-hydrogen) atoms. The summed E-state index contributed by atoms with van der Waals surface area (Å²) in [5, 5.41) is 10.4. The number of aryl methyl sites for hydroxylation is 1. The first-order chi connectivity index (χ1) is 10.2. The van der Waals surface area contributed by atoms with Crippen LogP contribution in [0, 0.1) is 6.92 Å². The smallest absolute Gasteiger partial charge is 0.247 e. The lowest BCUT2D eigenvalue weighted by Gasteiger charge is -2.09. The summed E-state index contributed by atoms with van der Waals surface area (Å²) in [4.78, 5) is 11.9. The Morgan fingerprint density at radius 1 is 1.33 bits per heavy atom. The van der Waals surface area contributed by atoms with E-state index in [9.17, 15) is 4.79 Å². The fraction of sp³-hybridized carbons (Fsp3) is 0.400. The Kier molecular flexibility index (Phi) is 5.45. The van der Waals surface area contributed by atoms with Gasteiger partial charge in [0.15, 0.2) is 0 Å². The molecule has 1 heterocycles. The maximum Gasteiger partial charge on any atom is 0.247 e. The second kappa shape index (κ2) is 7.54. The second-order valence-corrected chi connectivity index (χ2v) is 4.92. The Balaban J connectivity index is 1.93. The zero-order valence-corrected chi connectivity index (χ0v) is 12.1. The SMILES string of the molecule is Cc1cc(-c2nnco2)ccc1NC(=O)CCCCCN. The number of carbonyl (C=O) groups is 1. The van der Waals surface area contributed by atoms with Crippen molar-refractivity contribution < 1.29 is 9.21 Å². The van der Waals surface area contributed by atoms with E-state index in [0.29, 0.717) is 18.9 Å². The highest BCUT2D eigenvalue weighted by Gasteiger charge is 2.08. The molecule has 0 aliphatic carbocycles. The molecule has 2 rings (SSSR count). The topological polar surface area (TPSA) is 94.0 Å². The van der Waals surface area contributed by atoms with Gasteiger partial charge in [-0.15, -0.1) is 10.2 Å². The van der Waals surface area contributed by atoms with Gasteiger partial charge in [-0.2, -0.15) is 0 Å². The Hall–Kier alpha value is -2.21. The quantitative estimate of drug-likeness (QED) is 0.763. The van der Waals surface area contributed by atoms with Crippen molar-refractivity contribution in [3.63, 3.8) is 0 Å². The standard InChI is InChI=1S/C15H20N4O2/c1-11-9-12(15-19-17-10-21-15)6-7-13(11)18-14(20)5-3-2-4-8-16/h6-7,9-10H,2-5,8,16H2,1H3,(H,18,20). The van der Waals surface area contributed by atoms with Crippen LogP contribution in [0.2, 0.25) is 0 Å². The van der Waals surface area contributed by atoms with Crippen LogP contribution < -0.4 is 11.1 Å². The van der Waals surface area contributed by atoms with E-state index in [0.717, 1.165) is 36.1 Å². The first kappa shape index (κ1) is 15.2. The summed E-state index contributed by atoms with van der Waals surface area (Å²) in [5.41, 5.74) is 8.03. The molecule has 0 atom stereocenters. The van der Waals surface area contributed by atoms with Gasteiger partial charge >= 0.3 is 0 Å². The lowest BCUT2D eigenvalue weighted by molar-refractivity contribution is -0.116. The van der Waals surface area contributed by atoms with E-state index in [1.165, 1.54) is 6.39 Å². The Labute approximate surface area is 123 Å². The van der Waals surface area contributed by atoms with Crippen LogP contribution in [-0.2, 0) is 4.79 Å². The van der Waals surface area contributed by atoms with Crippen LogP contribution in [0.5, 0.6) is 0 Å². The molecular weight excluding hydrogens is 268 g/mol. The van der Waals surface area contributed by atoms with E-state index in [2.05, 4.69) is 15.5 Å². The zero-order valence-electron chi connectivity index (χ0n) is 12.1. The number of hydrogen-bond donors (Lipinski definition) is 2. The maximum absolute atomic E-state index is 11.9. The lowest BCUT2D eigenvalue weighted by atomic mass is 10.1. The molecule has 2 aromatic rings. The molecule has 0 spiro atoms. The summed E-state index contributed by atoms with van der Waals surface area (Å²) in [7, 11) is 0. The number of carbonyl (C=O) groups excluding carboxylic acids is 1. The van der Waals surface area contributed by atoms with Crippen molar-refractivity contribution in [3.8, 4) is 11.5 Å². The molecule has 0 radical (unpaired) electrons. The van der Waals surface area contributed by atoms with Crippen LogP contribution in [0.25, 0.3) is 11.5 Å². The molecule has 0 bridgehead atoms. The fourth-order valence-corrected chi connectivity index (χ4v) is 2.06. The number of nitrogens with two attached hydrogens (primary N) is 1. The first-order valence-corrected chi connectivity index (χ1v) is 7.08. The molecule has 1 aromatic carbocycles. The highest BCUT2D eigenvalue weighted by molar-refractivity contribution is 5.91. The molecule has 112 valence electrons. The van der Waals surface area contributed by atoms with E-state index < -0.39 is 0 Å². The Bertz CT molecular complexity index is 581. The van der Waals surface area contributed by atoms with E-state index in [4.69, 9.17) is 10.2 Å². The molecule has 1 amide bonds. The van der Waals surface area contributed by atoms with Crippen molar-refractivity contribution in [2.24, 2.45) is 5.73 Å². The van der Waals surface area contributed by atoms with Gasteiger partial charge < -0.3 is 15.5 Å². The summed E-state index contributed by atoms with van der Waals surface area (Å²) >= 11 is 0. The maximum atomic E-state index is 11.9. The van der Waals surface area contributed by atoms with Crippen molar-refractivity contribution in [2.75, 3.05) is 11.9 Å². The van der Waals surface area contributed by atoms with Crippen LogP contribution in [0.3, 0.4) is 0 Å². The Morgan fingerprint density at radius 3 is 2.86 bits per heavy atom. The molecule has 0 unspecified atom stereocenters. The van der Waals surface area contributed by atoms with Crippen molar-refractivity contribution in [1.29, 1.82) is 0 Å². The minimum Gasteiger partial charge on any atom is -0.423 e. The van der Waals surface area contributed by atoms with Crippen LogP contribution in [0.4, 0.5) is 5.69 Å². The lowest BCUT2D eigenvalue weighted by Crippen LogP contribution is -2.12. The zero-order chi connectivity index (χ0) is 15.1. The summed E-state index contributed by atoms with van der Waals surface area (Å²) in [6.07, 6.45) is 4.62. The van der Waals surface area contributed by atoms with E-state index in [-0.39, 0.29) is 5.91 Å². The molecule has 0 fully saturated rings. The Morgan fingerprint density at radius 2 is 2.19 bits per heavy atom. The van der Waals surface area contributed by atoms with E-state index in [1.807, 2.05) is 25.1 Å². The number of amides is 1. The molecule has 6 heteroatoms. The van der Waals surface area contributed by atoms with Gasteiger partial charge in [0.2, 0.25) is 18.2 Å². The fourth-order valence-electron chi connectivity index (χ4n) is 2.06. The van der Waals surface area contributed by atoms with Gasteiger partial charge in [0.25, 0.3) is 0 Å². The van der Waals surface area contributed by atoms with Crippen LogP contribution in [0.1, 0.15) is 31.2 Å². The van der Waals surface area contributed by atoms with Gasteiger partial charge in [-0.3, -0.25) is 4.79 Å². The molecule has 0 saturated heterocycles. The third-order valence-electron chi connectivity index (χ3n) is 3.22. The van der Waals surface area contributed by atoms with Gasteiger partial charge in [-0.25, -0.2) is 0 Å². The van der Waals surface area contributed by atoms with E-state index in [1.54, 1.807) is 0 Å². The predicted molar refractivity (Wildman–Crippen MR) is 80.6 cm³/mol. The molecular formula is C15H20N4O2. The van der Waals surface area contributed by atoms with Gasteiger partial charge in [0.1, 0.15) is 0 Å². The molecule has 3 N–H and O–H groups in total. The number of benzene rings is 1. The van der Waals surface area contributed by atoms with E-state index >= 15 is 0 Å². The second-order valence-electron chi connectivity index (χ2n) is 4.92. The molecule has 0 saturated carbocycles. The normalized spacial score (nSPS) is 10.6. The largest absolute Gasteiger partial charge is 0.423 e. The van der Waals surface area contributed by atoms with Crippen LogP contribution in [-0.4, -0.2) is 22.6 Å². The number of unbranched alkanes of at least 4 members (excludes halogenated alkanes) is 2. The summed E-state index contributed by atoms with van der Waals surface area (Å²) in [5.74, 6) is 0.499. The van der Waals surface area contributed by atoms with Gasteiger partial charge in [-0.1, -0.05) is 6.42 Å². The third-order valence-corrected chi connectivity index (χ3v) is 3.22. The average molecular weight is 288 g/mol. The molecule has 0 aliphatic rings. The predicted octanol–water partition coefficient (Wildman–Crippen LogP) is 2.50. The number of hydrogen-bond acceptors (Lipinski definition) is 5. The van der Waals surface area contributed by atoms with Crippen molar-refractivity contribution in [2.45, 2.75) is 32.6 Å². The van der Waals surface area contributed by atoms with Crippen molar-refractivity contribution >= 4 is 11.6 Å². The highest BCUT2D eigenvalue weighted by Crippen LogP contribution is 2.23. The third kappa shape index (κ3) is 4.39. The number of rotatable bonds is 7. The van der Waals surface area contributed by atoms with Gasteiger partial charge in [0, 0.05) is 17.7 Å². The number of nitrogens with one attached hydrogen (secondary N) is 1. The summed E-state index contributed by atoms with van der Waals surface area (Å²) in [6.45, 7) is 2.61. The number of aromatic nitrogens is 2. The molecule has 0 aliphatic heterocycles. The van der Waals surface area contributed by atoms with Crippen molar-refractivity contribution in [3.05, 3.63) is 30.2 Å². The van der Waals surface area contributed by atoms with Crippen LogP contribution >= 0.6 is 0 Å². The van der Waals surface area contributed by atoms with Gasteiger partial charge in [0.05, 0.1) is 0 Å². The molecule has 1 aromatic heterocycles. The number of nitrogens with zero attached hydrogens (tertiary/aromatic N) is 2. The van der Waals surface area contributed by atoms with Crippen LogP contribution in [0.15, 0.2) is 29.0 Å². The highest BCUT2D eigenvalue weighted by atomic mass is 16.4. The minimum atomic E-state index is 0.0284. The molecule has 6 nitrogen and oxygen atoms in total. The van der Waals surface area contributed by atoms with Crippen molar-refractivity contribution in [1.82, 2.24) is 10.2 Å². The minimum absolute atomic E-state index is 0.0284. The first-order valence-electron chi connectivity index (χ1n) is 7.08. The number of anilines is 1.